The van der Waals surface area contributed by atoms with Gasteiger partial charge in [-0.15, -0.1) is 0 Å². The van der Waals surface area contributed by atoms with Crippen molar-refractivity contribution in [2.75, 3.05) is 6.54 Å². The number of nitrogens with zero attached hydrogens (tertiary/aromatic N) is 2. The van der Waals surface area contributed by atoms with Gasteiger partial charge in [-0.2, -0.15) is 5.10 Å². The van der Waals surface area contributed by atoms with Crippen molar-refractivity contribution in [3.05, 3.63) is 30.0 Å². The minimum absolute atomic E-state index is 0.889. The lowest BCUT2D eigenvalue weighted by Crippen LogP contribution is -2.17. The first kappa shape index (κ1) is 13.6. The third kappa shape index (κ3) is 2.88. The van der Waals surface area contributed by atoms with E-state index in [0.717, 1.165) is 25.6 Å². The predicted molar refractivity (Wildman–Crippen MR) is 83.7 cm³/mol. The number of hydrogen-bond donors (Lipinski definition) is 1. The second-order valence-electron chi connectivity index (χ2n) is 5.90. The van der Waals surface area contributed by atoms with Gasteiger partial charge in [0.05, 0.1) is 11.2 Å². The van der Waals surface area contributed by atoms with Crippen LogP contribution in [-0.2, 0) is 13.1 Å². The van der Waals surface area contributed by atoms with Crippen LogP contribution >= 0.6 is 0 Å². The Morgan fingerprint density at radius 2 is 2.05 bits per heavy atom. The van der Waals surface area contributed by atoms with Gasteiger partial charge in [-0.3, -0.25) is 4.68 Å². The molecule has 0 radical (unpaired) electrons. The minimum atomic E-state index is 0.889. The van der Waals surface area contributed by atoms with Crippen LogP contribution in [0.25, 0.3) is 10.9 Å². The molecule has 1 saturated carbocycles. The molecule has 0 saturated heterocycles. The third-order valence-electron chi connectivity index (χ3n) is 4.53. The van der Waals surface area contributed by atoms with Gasteiger partial charge in [-0.1, -0.05) is 43.9 Å². The predicted octanol–water partition coefficient (Wildman–Crippen LogP) is 3.73. The topological polar surface area (TPSA) is 29.9 Å². The van der Waals surface area contributed by atoms with Gasteiger partial charge in [0.25, 0.3) is 0 Å². The Morgan fingerprint density at radius 3 is 2.85 bits per heavy atom. The molecule has 20 heavy (non-hydrogen) atoms. The standard InChI is InChI=1S/C17H25N3/c1-2-20-17-10-6-5-9-15(17)16(19-20)13-18-12-11-14-7-3-4-8-14/h5-6,9-10,14,18H,2-4,7-8,11-13H2,1H3. The Balaban J connectivity index is 1.59. The van der Waals surface area contributed by atoms with Gasteiger partial charge in [0, 0.05) is 18.5 Å². The summed E-state index contributed by atoms with van der Waals surface area (Å²) in [7, 11) is 0. The summed E-state index contributed by atoms with van der Waals surface area (Å²) in [6.45, 7) is 5.09. The van der Waals surface area contributed by atoms with E-state index in [0.29, 0.717) is 0 Å². The highest BCUT2D eigenvalue weighted by Crippen LogP contribution is 2.27. The lowest BCUT2D eigenvalue weighted by atomic mass is 10.0. The van der Waals surface area contributed by atoms with Crippen LogP contribution in [-0.4, -0.2) is 16.3 Å². The van der Waals surface area contributed by atoms with Crippen LogP contribution in [0.3, 0.4) is 0 Å². The summed E-state index contributed by atoms with van der Waals surface area (Å²) in [6.07, 6.45) is 7.09. The van der Waals surface area contributed by atoms with E-state index in [1.807, 2.05) is 0 Å². The molecule has 3 nitrogen and oxygen atoms in total. The number of benzene rings is 1. The molecular weight excluding hydrogens is 246 g/mol. The van der Waals surface area contributed by atoms with E-state index >= 15 is 0 Å². The molecule has 1 aromatic heterocycles. The fourth-order valence-electron chi connectivity index (χ4n) is 3.38. The summed E-state index contributed by atoms with van der Waals surface area (Å²) in [5, 5.41) is 9.61. The van der Waals surface area contributed by atoms with Crippen LogP contribution in [0, 0.1) is 5.92 Å². The van der Waals surface area contributed by atoms with Crippen molar-refractivity contribution in [1.82, 2.24) is 15.1 Å². The number of rotatable bonds is 6. The first-order valence-corrected chi connectivity index (χ1v) is 8.03. The van der Waals surface area contributed by atoms with Crippen LogP contribution in [0.4, 0.5) is 0 Å². The van der Waals surface area contributed by atoms with Gasteiger partial charge in [-0.05, 0) is 31.9 Å². The van der Waals surface area contributed by atoms with E-state index in [4.69, 9.17) is 5.10 Å². The quantitative estimate of drug-likeness (QED) is 0.811. The molecule has 0 atom stereocenters. The van der Waals surface area contributed by atoms with Crippen molar-refractivity contribution >= 4 is 10.9 Å². The summed E-state index contributed by atoms with van der Waals surface area (Å²) in [5.74, 6) is 0.965. The van der Waals surface area contributed by atoms with Crippen molar-refractivity contribution in [2.24, 2.45) is 5.92 Å². The number of fused-ring (bicyclic) bond motifs is 1. The maximum absolute atomic E-state index is 4.73. The van der Waals surface area contributed by atoms with E-state index in [9.17, 15) is 0 Å². The second kappa shape index (κ2) is 6.40. The maximum atomic E-state index is 4.73. The number of para-hydroxylation sites is 1. The molecule has 1 aliphatic rings. The van der Waals surface area contributed by atoms with Gasteiger partial charge in [0.1, 0.15) is 0 Å². The zero-order valence-corrected chi connectivity index (χ0v) is 12.4. The van der Waals surface area contributed by atoms with Crippen molar-refractivity contribution in [2.45, 2.75) is 52.1 Å². The summed E-state index contributed by atoms with van der Waals surface area (Å²) < 4.78 is 2.10. The molecule has 0 aliphatic heterocycles. The van der Waals surface area contributed by atoms with E-state index in [1.165, 1.54) is 48.7 Å². The number of aromatic nitrogens is 2. The van der Waals surface area contributed by atoms with Crippen molar-refractivity contribution in [3.63, 3.8) is 0 Å². The lowest BCUT2D eigenvalue weighted by Gasteiger charge is -2.08. The maximum Gasteiger partial charge on any atom is 0.0841 e. The minimum Gasteiger partial charge on any atom is -0.311 e. The van der Waals surface area contributed by atoms with Crippen molar-refractivity contribution < 1.29 is 0 Å². The second-order valence-corrected chi connectivity index (χ2v) is 5.90. The molecule has 0 bridgehead atoms. The summed E-state index contributed by atoms with van der Waals surface area (Å²) >= 11 is 0. The van der Waals surface area contributed by atoms with Gasteiger partial charge in [0.15, 0.2) is 0 Å². The SMILES string of the molecule is CCn1nc(CNCCC2CCCC2)c2ccccc21. The fraction of sp³-hybridized carbons (Fsp3) is 0.588. The average molecular weight is 271 g/mol. The van der Waals surface area contributed by atoms with Gasteiger partial charge < -0.3 is 5.32 Å². The summed E-state index contributed by atoms with van der Waals surface area (Å²) in [5.41, 5.74) is 2.44. The number of nitrogens with one attached hydrogen (secondary N) is 1. The molecule has 0 amide bonds. The normalized spacial score (nSPS) is 16.2. The van der Waals surface area contributed by atoms with Crippen LogP contribution in [0.2, 0.25) is 0 Å². The molecule has 2 aromatic rings. The highest BCUT2D eigenvalue weighted by atomic mass is 15.3. The van der Waals surface area contributed by atoms with Crippen molar-refractivity contribution in [3.8, 4) is 0 Å². The molecule has 108 valence electrons. The molecule has 3 heteroatoms. The first-order valence-electron chi connectivity index (χ1n) is 8.03. The van der Waals surface area contributed by atoms with Gasteiger partial charge in [0.2, 0.25) is 0 Å². The van der Waals surface area contributed by atoms with E-state index in [1.54, 1.807) is 0 Å². The Kier molecular flexibility index (Phi) is 4.36. The molecule has 1 aliphatic carbocycles. The Bertz CT molecular complexity index is 552. The zero-order chi connectivity index (χ0) is 13.8. The monoisotopic (exact) mass is 271 g/mol. The summed E-state index contributed by atoms with van der Waals surface area (Å²) in [4.78, 5) is 0. The van der Waals surface area contributed by atoms with Crippen LogP contribution < -0.4 is 5.32 Å². The van der Waals surface area contributed by atoms with E-state index in [-0.39, 0.29) is 0 Å². The Hall–Kier alpha value is -1.35. The van der Waals surface area contributed by atoms with Crippen LogP contribution in [0.5, 0.6) is 0 Å². The summed E-state index contributed by atoms with van der Waals surface area (Å²) in [6, 6.07) is 8.54. The smallest absolute Gasteiger partial charge is 0.0841 e. The molecule has 0 spiro atoms. The Labute approximate surface area is 121 Å². The van der Waals surface area contributed by atoms with Crippen molar-refractivity contribution in [1.29, 1.82) is 0 Å². The Morgan fingerprint density at radius 1 is 1.25 bits per heavy atom. The van der Waals surface area contributed by atoms with Gasteiger partial charge >= 0.3 is 0 Å². The number of aryl methyl sites for hydroxylation is 1. The number of hydrogen-bond acceptors (Lipinski definition) is 2. The molecule has 1 N–H and O–H groups in total. The largest absolute Gasteiger partial charge is 0.311 e. The molecule has 3 rings (SSSR count). The van der Waals surface area contributed by atoms with Gasteiger partial charge in [-0.25, -0.2) is 0 Å². The molecule has 1 fully saturated rings. The van der Waals surface area contributed by atoms with E-state index < -0.39 is 0 Å². The highest BCUT2D eigenvalue weighted by molar-refractivity contribution is 5.81. The van der Waals surface area contributed by atoms with Crippen LogP contribution in [0.15, 0.2) is 24.3 Å². The highest BCUT2D eigenvalue weighted by Gasteiger charge is 2.14. The molecule has 1 aromatic carbocycles. The molecular formula is C17H25N3. The third-order valence-corrected chi connectivity index (χ3v) is 4.53. The van der Waals surface area contributed by atoms with E-state index in [2.05, 4.69) is 41.2 Å². The zero-order valence-electron chi connectivity index (χ0n) is 12.4. The first-order chi connectivity index (χ1) is 9.88. The lowest BCUT2D eigenvalue weighted by molar-refractivity contribution is 0.475. The molecule has 1 heterocycles. The average Bonchev–Trinajstić information content (AvgIpc) is 3.11. The molecule has 0 unspecified atom stereocenters. The fourth-order valence-corrected chi connectivity index (χ4v) is 3.38. The van der Waals surface area contributed by atoms with Crippen LogP contribution in [0.1, 0.15) is 44.7 Å².